The Hall–Kier alpha value is -3.36. The molecule has 0 spiro atoms. The molecule has 5 fully saturated rings. The third kappa shape index (κ3) is 19.5. The van der Waals surface area contributed by atoms with E-state index in [0.717, 1.165) is 29.0 Å². The molecule has 6 heterocycles. The van der Waals surface area contributed by atoms with E-state index in [4.69, 9.17) is 65.1 Å². The van der Waals surface area contributed by atoms with E-state index < -0.39 is 227 Å². The second-order valence-electron chi connectivity index (χ2n) is 22.8. The number of fused-ring (bicyclic) bond motifs is 1. The number of phosphoric ester groups is 3. The van der Waals surface area contributed by atoms with Gasteiger partial charge in [-0.2, -0.15) is 16.1 Å². The third-order valence-electron chi connectivity index (χ3n) is 15.4. The van der Waals surface area contributed by atoms with Crippen LogP contribution in [0.1, 0.15) is 32.9 Å². The average molecular weight is 1420 g/mol. The predicted octanol–water partition coefficient (Wildman–Crippen LogP) is -10.5. The summed E-state index contributed by atoms with van der Waals surface area (Å²) < 4.78 is 97.3. The Morgan fingerprint density at radius 2 is 1.28 bits per heavy atom. The first kappa shape index (κ1) is 77.0. The maximum absolute atomic E-state index is 12.8. The molecule has 7 rings (SSSR count). The minimum absolute atomic E-state index is 0.00695. The van der Waals surface area contributed by atoms with Gasteiger partial charge in [-0.25, -0.2) is 28.6 Å². The summed E-state index contributed by atoms with van der Waals surface area (Å²) in [6, 6.07) is -3.63. The Labute approximate surface area is 531 Å². The summed E-state index contributed by atoms with van der Waals surface area (Å²) in [5.41, 5.74) is 23.0. The van der Waals surface area contributed by atoms with E-state index in [0.29, 0.717) is 0 Å². The van der Waals surface area contributed by atoms with Gasteiger partial charge in [0.05, 0.1) is 44.5 Å². The number of aliphatic hydroxyl groups excluding tert-OH is 11. The number of hydrogen-bond acceptors (Lipinski definition) is 36. The number of aromatic nitrogens is 4. The van der Waals surface area contributed by atoms with Crippen molar-refractivity contribution in [2.24, 2.45) is 22.6 Å². The van der Waals surface area contributed by atoms with Gasteiger partial charge in [0.15, 0.2) is 36.6 Å². The maximum atomic E-state index is 12.8. The number of hydrogen-bond donors (Lipinski definition) is 22. The lowest BCUT2D eigenvalue weighted by Gasteiger charge is -2.49. The Morgan fingerprint density at radius 1 is 0.688 bits per heavy atom. The molecule has 532 valence electrons. The second kappa shape index (κ2) is 32.5. The highest BCUT2D eigenvalue weighted by Crippen LogP contribution is 2.61. The van der Waals surface area contributed by atoms with Crippen LogP contribution in [0.3, 0.4) is 0 Å². The van der Waals surface area contributed by atoms with E-state index in [-0.39, 0.29) is 54.4 Å². The number of ether oxygens (including phenoxy) is 7. The zero-order valence-electron chi connectivity index (χ0n) is 49.3. The van der Waals surface area contributed by atoms with Gasteiger partial charge in [0, 0.05) is 49.3 Å². The summed E-state index contributed by atoms with van der Waals surface area (Å²) in [7, 11) is -16.7. The largest absolute Gasteiger partial charge is 0.481 e. The van der Waals surface area contributed by atoms with Gasteiger partial charge in [-0.3, -0.25) is 32.5 Å². The van der Waals surface area contributed by atoms with E-state index in [2.05, 4.69) is 39.7 Å². The highest BCUT2D eigenvalue weighted by Gasteiger charge is 2.56. The maximum Gasteiger partial charge on any atom is 0.481 e. The molecule has 0 bridgehead atoms. The Kier molecular flexibility index (Phi) is 26.9. The van der Waals surface area contributed by atoms with Crippen LogP contribution in [0, 0.1) is 5.41 Å². The molecule has 1 aliphatic carbocycles. The minimum atomic E-state index is -5.66. The summed E-state index contributed by atoms with van der Waals surface area (Å²) in [4.78, 5) is 89.6. The van der Waals surface area contributed by atoms with Gasteiger partial charge >= 0.3 is 23.5 Å². The first-order valence-corrected chi connectivity index (χ1v) is 34.1. The van der Waals surface area contributed by atoms with E-state index in [9.17, 15) is 104 Å². The molecule has 47 heteroatoms. The number of carbonyl (C=O) groups is 3. The quantitative estimate of drug-likeness (QED) is 0.0246. The number of imidazole rings is 1. The van der Waals surface area contributed by atoms with Crippen molar-refractivity contribution in [3.63, 3.8) is 0 Å². The number of carbonyl (C=O) groups excluding carboxylic acids is 3. The normalized spacial score (nSPS) is 36.8. The number of nitrogen functional groups attached to an aromatic ring is 1. The summed E-state index contributed by atoms with van der Waals surface area (Å²) in [6.45, 7) is -2.05. The molecule has 2 aromatic rings. The average Bonchev–Trinajstić information content (AvgIpc) is 1.74. The molecule has 26 N–H and O–H groups in total. The van der Waals surface area contributed by atoms with Crippen molar-refractivity contribution in [3.8, 4) is 0 Å². The molecule has 43 nitrogen and oxygen atoms in total. The van der Waals surface area contributed by atoms with Crippen LogP contribution in [0.25, 0.3) is 11.2 Å². The molecule has 93 heavy (non-hydrogen) atoms. The number of nitrogens with one attached hydrogen (secondary N) is 3. The number of phosphoric acid groups is 3. The summed E-state index contributed by atoms with van der Waals surface area (Å²) >= 11 is 1.06. The lowest BCUT2D eigenvalue weighted by molar-refractivity contribution is -0.356. The smallest absolute Gasteiger partial charge is 0.394 e. The molecule has 2 aromatic heterocycles. The van der Waals surface area contributed by atoms with Gasteiger partial charge in [-0.05, 0) is 6.42 Å². The fraction of sp³-hybridized carbons (Fsp3) is 0.826. The standard InChI is InChI=1S/C46H80N11O32P3S/c1-46(2,13-80-92(77,78)89-91(75,76)79-11-21-36(88-90(72,73)74)33(69)42(81-21)57-15-56-25-39(50)54-14-55-40(25)57)38(70)41(71)52-4-3-22(60)51-5-6-93-12-23(61)53-8-18-26(62)29(65)24(49)43(82-18)85-34-16(47)7-17(48)35(32(34)68)86-45-37(30(66)27(63)19(9-58)84-45)87-44-31(67)28(64)20(10-59)83-44/h14-21,24,26-38,42-45,58-59,62-70H,3-13,47-49H2,1-2H3,(H,51,60)(H,52,71)(H,53,61)(H,75,76)(H,77,78)(H2,50,54,55)(H2,72,73,74)/t16-,17+,18+,19+,20+,21+,24+,26+,27+,28+,29+,30-,31+,32-,33+,34+,35-,36+,37+,38-,42+,43+,44-,45+/m0/s1. The van der Waals surface area contributed by atoms with Gasteiger partial charge < -0.3 is 148 Å². The topological polar surface area (TPSA) is 691 Å². The van der Waals surface area contributed by atoms with Crippen molar-refractivity contribution in [3.05, 3.63) is 12.7 Å². The Bertz CT molecular complexity index is 2970. The van der Waals surface area contributed by atoms with Gasteiger partial charge in [-0.15, -0.1) is 0 Å². The van der Waals surface area contributed by atoms with E-state index in [1.165, 1.54) is 13.8 Å². The highest BCUT2D eigenvalue weighted by atomic mass is 32.2. The first-order valence-electron chi connectivity index (χ1n) is 28.4. The fourth-order valence-electron chi connectivity index (χ4n) is 10.3. The molecule has 0 radical (unpaired) electrons. The SMILES string of the molecule is CC(C)(COP(=O)(O)OP(=O)(O)OC[C@H]1O[C@@H](n2cnc3c(N)ncnc32)[C@H](O)[C@@H]1OP(=O)(O)O)[C@@H](O)C(=O)NCCC(=O)NCCSCC(=O)NC[C@H]1O[C@H](O[C@H]2[C@H](O)[C@@H](O[C@H]3O[C@H](CO)[C@@H](O)[C@H](O)[C@H]3O[C@@H]3O[C@H](CO)[C@@H](O)[C@H]3O)[C@H](N)C[C@@H]2N)[C@H](N)[C@@H](O)[C@@H]1O. The molecule has 1 saturated carbocycles. The number of nitrogens with two attached hydrogens (primary N) is 4. The predicted molar refractivity (Wildman–Crippen MR) is 305 cm³/mol. The van der Waals surface area contributed by atoms with Crippen LogP contribution in [-0.2, 0) is 79.1 Å². The molecular weight excluding hydrogens is 1340 g/mol. The number of aliphatic hydroxyl groups is 11. The minimum Gasteiger partial charge on any atom is -0.394 e. The molecule has 4 saturated heterocycles. The van der Waals surface area contributed by atoms with Crippen molar-refractivity contribution in [1.82, 2.24) is 35.5 Å². The number of rotatable bonds is 31. The van der Waals surface area contributed by atoms with Gasteiger partial charge in [-0.1, -0.05) is 13.8 Å². The van der Waals surface area contributed by atoms with E-state index in [1.807, 2.05) is 0 Å². The number of thioether (sulfide) groups is 1. The molecule has 5 aliphatic rings. The highest BCUT2D eigenvalue weighted by molar-refractivity contribution is 7.99. The third-order valence-corrected chi connectivity index (χ3v) is 19.4. The fourth-order valence-corrected chi connectivity index (χ4v) is 13.8. The van der Waals surface area contributed by atoms with Gasteiger partial charge in [0.2, 0.25) is 17.7 Å². The summed E-state index contributed by atoms with van der Waals surface area (Å²) in [5.74, 6) is -2.31. The Balaban J connectivity index is 0.794. The van der Waals surface area contributed by atoms with Crippen LogP contribution in [0.5, 0.6) is 0 Å². The van der Waals surface area contributed by atoms with E-state index in [1.54, 1.807) is 0 Å². The van der Waals surface area contributed by atoms with Crippen molar-refractivity contribution < 1.29 is 155 Å². The monoisotopic (exact) mass is 1420 g/mol. The van der Waals surface area contributed by atoms with Crippen LogP contribution in [0.2, 0.25) is 0 Å². The zero-order valence-corrected chi connectivity index (χ0v) is 52.8. The van der Waals surface area contributed by atoms with Crippen LogP contribution < -0.4 is 38.9 Å². The van der Waals surface area contributed by atoms with E-state index >= 15 is 0 Å². The van der Waals surface area contributed by atoms with Crippen molar-refractivity contribution >= 4 is 69.9 Å². The first-order chi connectivity index (χ1) is 43.5. The van der Waals surface area contributed by atoms with Gasteiger partial charge in [0.1, 0.15) is 116 Å². The second-order valence-corrected chi connectivity index (χ2v) is 28.1. The lowest BCUT2D eigenvalue weighted by atomic mass is 9.84. The number of anilines is 1. The lowest BCUT2D eigenvalue weighted by Crippen LogP contribution is -2.69. The zero-order chi connectivity index (χ0) is 68.8. The van der Waals surface area contributed by atoms with Crippen molar-refractivity contribution in [2.75, 3.05) is 63.3 Å². The van der Waals surface area contributed by atoms with Crippen molar-refractivity contribution in [1.29, 1.82) is 0 Å². The molecule has 0 aromatic carbocycles. The number of nitrogens with zero attached hydrogens (tertiary/aromatic N) is 4. The molecule has 2 unspecified atom stereocenters. The van der Waals surface area contributed by atoms with Crippen LogP contribution in [0.4, 0.5) is 5.82 Å². The molecular formula is C46H80N11O32P3S. The summed E-state index contributed by atoms with van der Waals surface area (Å²) in [5, 5.41) is 124. The molecule has 4 aliphatic heterocycles. The van der Waals surface area contributed by atoms with Crippen LogP contribution in [0.15, 0.2) is 12.7 Å². The number of amides is 3. The Morgan fingerprint density at radius 3 is 1.92 bits per heavy atom. The van der Waals surface area contributed by atoms with Gasteiger partial charge in [0.25, 0.3) is 0 Å². The molecule has 26 atom stereocenters. The van der Waals surface area contributed by atoms with Crippen LogP contribution in [-0.4, -0.2) is 311 Å². The van der Waals surface area contributed by atoms with Crippen molar-refractivity contribution in [2.45, 2.75) is 174 Å². The summed E-state index contributed by atoms with van der Waals surface area (Å²) in [6.07, 6.45) is -33.7. The van der Waals surface area contributed by atoms with Crippen LogP contribution >= 0.6 is 35.2 Å². The molecule has 3 amide bonds.